The molecule has 0 aliphatic heterocycles. The zero-order valence-electron chi connectivity index (χ0n) is 8.47. The summed E-state index contributed by atoms with van der Waals surface area (Å²) in [5.41, 5.74) is 0.717. The molecule has 2 N–H and O–H groups in total. The van der Waals surface area contributed by atoms with Crippen molar-refractivity contribution in [3.05, 3.63) is 36.6 Å². The van der Waals surface area contributed by atoms with Gasteiger partial charge in [0.15, 0.2) is 9.84 Å². The van der Waals surface area contributed by atoms with E-state index in [0.29, 0.717) is 0 Å². The molecular formula is C9H16N2O2S. The lowest BCUT2D eigenvalue weighted by Crippen LogP contribution is -2.23. The fraction of sp³-hybridized carbons (Fsp3) is 0.333. The van der Waals surface area contributed by atoms with Gasteiger partial charge in [0.05, 0.1) is 11.4 Å². The van der Waals surface area contributed by atoms with E-state index in [1.165, 1.54) is 11.3 Å². The lowest BCUT2D eigenvalue weighted by atomic mass is 10.3. The fourth-order valence-electron chi connectivity index (χ4n) is 0.727. The van der Waals surface area contributed by atoms with Crippen molar-refractivity contribution in [1.82, 2.24) is 5.01 Å². The van der Waals surface area contributed by atoms with E-state index in [2.05, 4.69) is 6.58 Å². The van der Waals surface area contributed by atoms with Crippen LogP contribution in [-0.2, 0) is 9.84 Å². The lowest BCUT2D eigenvalue weighted by Gasteiger charge is -2.11. The van der Waals surface area contributed by atoms with Crippen LogP contribution in [0.4, 0.5) is 0 Å². The van der Waals surface area contributed by atoms with E-state index in [-0.39, 0.29) is 5.75 Å². The second kappa shape index (κ2) is 5.62. The third kappa shape index (κ3) is 6.45. The number of allylic oxidation sites excluding steroid dienone is 3. The van der Waals surface area contributed by atoms with Crippen molar-refractivity contribution in [1.29, 1.82) is 0 Å². The number of hydrazine groups is 1. The molecule has 0 fully saturated rings. The van der Waals surface area contributed by atoms with Crippen LogP contribution in [0.2, 0.25) is 0 Å². The van der Waals surface area contributed by atoms with Crippen LogP contribution in [0.1, 0.15) is 0 Å². The van der Waals surface area contributed by atoms with Crippen LogP contribution in [-0.4, -0.2) is 32.5 Å². The third-order valence-corrected chi connectivity index (χ3v) is 2.22. The second-order valence-corrected chi connectivity index (χ2v) is 5.11. The highest BCUT2D eigenvalue weighted by Gasteiger charge is 1.95. The van der Waals surface area contributed by atoms with Crippen molar-refractivity contribution < 1.29 is 8.42 Å². The van der Waals surface area contributed by atoms with Crippen molar-refractivity contribution in [3.8, 4) is 0 Å². The quantitative estimate of drug-likeness (QED) is 0.412. The Bertz CT molecular complexity index is 340. The summed E-state index contributed by atoms with van der Waals surface area (Å²) >= 11 is 0. The van der Waals surface area contributed by atoms with Crippen molar-refractivity contribution >= 4 is 9.84 Å². The first-order valence-corrected chi connectivity index (χ1v) is 6.08. The average Bonchev–Trinajstić information content (AvgIpc) is 2.01. The lowest BCUT2D eigenvalue weighted by molar-refractivity contribution is 0.456. The Labute approximate surface area is 85.3 Å². The van der Waals surface area contributed by atoms with Gasteiger partial charge in [-0.25, -0.2) is 14.3 Å². The first-order valence-electron chi connectivity index (χ1n) is 4.02. The van der Waals surface area contributed by atoms with Gasteiger partial charge in [-0.2, -0.15) is 0 Å². The van der Waals surface area contributed by atoms with Crippen molar-refractivity contribution in [2.75, 3.05) is 19.1 Å². The van der Waals surface area contributed by atoms with Crippen molar-refractivity contribution in [2.24, 2.45) is 5.84 Å². The molecule has 4 nitrogen and oxygen atoms in total. The molecule has 0 aliphatic carbocycles. The number of hydrogen-bond acceptors (Lipinski definition) is 4. The van der Waals surface area contributed by atoms with E-state index >= 15 is 0 Å². The molecule has 0 amide bonds. The van der Waals surface area contributed by atoms with Crippen LogP contribution in [0.15, 0.2) is 36.6 Å². The van der Waals surface area contributed by atoms with E-state index in [0.717, 1.165) is 5.70 Å². The van der Waals surface area contributed by atoms with Gasteiger partial charge < -0.3 is 5.01 Å². The molecule has 0 aromatic carbocycles. The summed E-state index contributed by atoms with van der Waals surface area (Å²) in [6.45, 7) is 3.57. The number of sulfone groups is 1. The summed E-state index contributed by atoms with van der Waals surface area (Å²) in [7, 11) is -1.26. The molecule has 0 rings (SSSR count). The van der Waals surface area contributed by atoms with Crippen LogP contribution in [0.25, 0.3) is 0 Å². The van der Waals surface area contributed by atoms with Gasteiger partial charge in [-0.15, -0.1) is 0 Å². The highest BCUT2D eigenvalue weighted by atomic mass is 32.2. The van der Waals surface area contributed by atoms with Crippen LogP contribution < -0.4 is 5.84 Å². The minimum absolute atomic E-state index is 0.0300. The van der Waals surface area contributed by atoms with Crippen LogP contribution in [0.3, 0.4) is 0 Å². The van der Waals surface area contributed by atoms with Gasteiger partial charge in [-0.3, -0.25) is 0 Å². The highest BCUT2D eigenvalue weighted by Crippen LogP contribution is 1.97. The van der Waals surface area contributed by atoms with Gasteiger partial charge in [0.1, 0.15) is 0 Å². The largest absolute Gasteiger partial charge is 0.314 e. The topological polar surface area (TPSA) is 63.4 Å². The first kappa shape index (κ1) is 12.9. The minimum Gasteiger partial charge on any atom is -0.314 e. The summed E-state index contributed by atoms with van der Waals surface area (Å²) in [5.74, 6) is 5.49. The third-order valence-electron chi connectivity index (χ3n) is 1.42. The molecule has 14 heavy (non-hydrogen) atoms. The minimum atomic E-state index is -2.94. The summed E-state index contributed by atoms with van der Waals surface area (Å²) in [6, 6.07) is 0. The molecule has 0 spiro atoms. The molecule has 0 bridgehead atoms. The predicted octanol–water partition coefficient (Wildman–Crippen LogP) is 0.463. The van der Waals surface area contributed by atoms with Gasteiger partial charge in [0.2, 0.25) is 0 Å². The van der Waals surface area contributed by atoms with Crippen LogP contribution in [0.5, 0.6) is 0 Å². The van der Waals surface area contributed by atoms with E-state index in [1.54, 1.807) is 31.4 Å². The zero-order chi connectivity index (χ0) is 11.2. The smallest absolute Gasteiger partial charge is 0.151 e. The van der Waals surface area contributed by atoms with Gasteiger partial charge in [-0.05, 0) is 12.2 Å². The first-order chi connectivity index (χ1) is 6.37. The number of likely N-dealkylation sites (N-methyl/N-ethyl adjacent to an activating group) is 1. The number of hydrogen-bond donors (Lipinski definition) is 1. The van der Waals surface area contributed by atoms with Gasteiger partial charge in [0, 0.05) is 13.3 Å². The molecular weight excluding hydrogens is 200 g/mol. The van der Waals surface area contributed by atoms with Gasteiger partial charge in [-0.1, -0.05) is 18.7 Å². The Morgan fingerprint density at radius 1 is 1.57 bits per heavy atom. The van der Waals surface area contributed by atoms with Gasteiger partial charge >= 0.3 is 0 Å². The Hall–Kier alpha value is -1.07. The second-order valence-electron chi connectivity index (χ2n) is 2.93. The summed E-state index contributed by atoms with van der Waals surface area (Å²) in [4.78, 5) is 0. The molecule has 0 atom stereocenters. The Morgan fingerprint density at radius 3 is 2.50 bits per heavy atom. The molecule has 5 heteroatoms. The summed E-state index contributed by atoms with van der Waals surface area (Å²) in [5, 5.41) is 1.40. The average molecular weight is 216 g/mol. The molecule has 80 valence electrons. The van der Waals surface area contributed by atoms with Crippen molar-refractivity contribution in [2.45, 2.75) is 0 Å². The van der Waals surface area contributed by atoms with Crippen LogP contribution in [0, 0.1) is 0 Å². The van der Waals surface area contributed by atoms with E-state index < -0.39 is 9.84 Å². The Morgan fingerprint density at radius 2 is 2.14 bits per heavy atom. The number of nitrogens with zero attached hydrogens (tertiary/aromatic N) is 1. The normalized spacial score (nSPS) is 13.2. The standard InChI is InChI=1S/C9H16N2O2S/c1-4-9(11(2)10)7-5-6-8-14(3,12)13/h4-7H,1,8,10H2,2-3H3/b6-5-,9-7+. The molecule has 0 radical (unpaired) electrons. The fourth-order valence-corrected chi connectivity index (χ4v) is 1.19. The molecule has 0 aliphatic rings. The molecule has 0 aromatic heterocycles. The SMILES string of the molecule is C=C/C(=C\C=C/CS(C)(=O)=O)N(C)N. The maximum absolute atomic E-state index is 10.8. The summed E-state index contributed by atoms with van der Waals surface area (Å²) in [6.07, 6.45) is 7.66. The molecule has 0 aromatic rings. The maximum atomic E-state index is 10.8. The van der Waals surface area contributed by atoms with Crippen molar-refractivity contribution in [3.63, 3.8) is 0 Å². The summed E-state index contributed by atoms with van der Waals surface area (Å²) < 4.78 is 21.5. The molecule has 0 heterocycles. The zero-order valence-corrected chi connectivity index (χ0v) is 9.29. The highest BCUT2D eigenvalue weighted by molar-refractivity contribution is 7.90. The van der Waals surface area contributed by atoms with Crippen LogP contribution >= 0.6 is 0 Å². The molecule has 0 saturated heterocycles. The molecule has 0 saturated carbocycles. The maximum Gasteiger partial charge on any atom is 0.151 e. The predicted molar refractivity (Wildman–Crippen MR) is 59.1 cm³/mol. The number of rotatable bonds is 5. The Kier molecular flexibility index (Phi) is 5.19. The Balaban J connectivity index is 4.33. The van der Waals surface area contributed by atoms with E-state index in [4.69, 9.17) is 5.84 Å². The van der Waals surface area contributed by atoms with E-state index in [9.17, 15) is 8.42 Å². The monoisotopic (exact) mass is 216 g/mol. The number of nitrogens with two attached hydrogens (primary N) is 1. The van der Waals surface area contributed by atoms with Gasteiger partial charge in [0.25, 0.3) is 0 Å². The molecule has 0 unspecified atom stereocenters. The van der Waals surface area contributed by atoms with E-state index in [1.807, 2.05) is 0 Å².